The minimum atomic E-state index is -0.601. The van der Waals surface area contributed by atoms with Gasteiger partial charge in [-0.1, -0.05) is 25.1 Å². The van der Waals surface area contributed by atoms with Crippen molar-refractivity contribution in [3.05, 3.63) is 29.8 Å². The molecule has 0 aliphatic rings. The summed E-state index contributed by atoms with van der Waals surface area (Å²) in [6.45, 7) is 1.80. The Balaban J connectivity index is 2.99. The molecule has 0 aromatic heterocycles. The van der Waals surface area contributed by atoms with Gasteiger partial charge in [0.1, 0.15) is 11.1 Å². The van der Waals surface area contributed by atoms with Crippen LogP contribution >= 0.6 is 11.6 Å². The maximum absolute atomic E-state index is 11.4. The smallest absolute Gasteiger partial charge is 0.155 e. The van der Waals surface area contributed by atoms with Gasteiger partial charge in [-0.15, -0.1) is 11.6 Å². The second kappa shape index (κ2) is 5.01. The lowest BCUT2D eigenvalue weighted by Crippen LogP contribution is -2.06. The molecule has 1 unspecified atom stereocenters. The standard InChI is InChI=1S/C11H13ClO2/c1-3-9(13)11(12)8-6-4-5-7-10(8)14-2/h4-7,11H,3H2,1-2H3. The Morgan fingerprint density at radius 1 is 1.50 bits per heavy atom. The molecule has 0 saturated heterocycles. The van der Waals surface area contributed by atoms with Crippen molar-refractivity contribution >= 4 is 17.4 Å². The number of rotatable bonds is 4. The van der Waals surface area contributed by atoms with Crippen LogP contribution in [-0.4, -0.2) is 12.9 Å². The van der Waals surface area contributed by atoms with E-state index in [4.69, 9.17) is 16.3 Å². The number of ether oxygens (including phenoxy) is 1. The van der Waals surface area contributed by atoms with Gasteiger partial charge in [-0.2, -0.15) is 0 Å². The van der Waals surface area contributed by atoms with Gasteiger partial charge >= 0.3 is 0 Å². The van der Waals surface area contributed by atoms with E-state index in [9.17, 15) is 4.79 Å². The summed E-state index contributed by atoms with van der Waals surface area (Å²) in [5, 5.41) is -0.601. The SMILES string of the molecule is CCC(=O)C(Cl)c1ccccc1OC. The van der Waals surface area contributed by atoms with Crippen LogP contribution in [0.4, 0.5) is 0 Å². The van der Waals surface area contributed by atoms with Crippen molar-refractivity contribution in [2.45, 2.75) is 18.7 Å². The summed E-state index contributed by atoms with van der Waals surface area (Å²) in [6.07, 6.45) is 0.437. The molecule has 2 nitrogen and oxygen atoms in total. The van der Waals surface area contributed by atoms with Crippen LogP contribution in [0.3, 0.4) is 0 Å². The van der Waals surface area contributed by atoms with Crippen molar-refractivity contribution in [1.29, 1.82) is 0 Å². The lowest BCUT2D eigenvalue weighted by molar-refractivity contribution is -0.118. The number of Topliss-reactive ketones (excluding diaryl/α,β-unsaturated/α-hetero) is 1. The number of carbonyl (C=O) groups is 1. The number of ketones is 1. The minimum Gasteiger partial charge on any atom is -0.496 e. The first-order chi connectivity index (χ1) is 6.70. The van der Waals surface area contributed by atoms with E-state index in [2.05, 4.69) is 0 Å². The van der Waals surface area contributed by atoms with Gasteiger partial charge in [-0.25, -0.2) is 0 Å². The molecule has 0 aliphatic heterocycles. The van der Waals surface area contributed by atoms with Crippen LogP contribution in [0.5, 0.6) is 5.75 Å². The fourth-order valence-corrected chi connectivity index (χ4v) is 1.56. The van der Waals surface area contributed by atoms with Crippen molar-refractivity contribution < 1.29 is 9.53 Å². The zero-order valence-corrected chi connectivity index (χ0v) is 9.04. The Bertz CT molecular complexity index is 323. The highest BCUT2D eigenvalue weighted by atomic mass is 35.5. The summed E-state index contributed by atoms with van der Waals surface area (Å²) in [5.74, 6) is 0.672. The summed E-state index contributed by atoms with van der Waals surface area (Å²) >= 11 is 6.01. The second-order valence-corrected chi connectivity index (χ2v) is 3.36. The molecule has 0 heterocycles. The highest BCUT2D eigenvalue weighted by molar-refractivity contribution is 6.31. The molecule has 1 atom stereocenters. The number of alkyl halides is 1. The zero-order valence-electron chi connectivity index (χ0n) is 8.29. The Kier molecular flexibility index (Phi) is 3.96. The van der Waals surface area contributed by atoms with Crippen molar-refractivity contribution in [3.8, 4) is 5.75 Å². The summed E-state index contributed by atoms with van der Waals surface area (Å²) < 4.78 is 5.12. The molecule has 0 N–H and O–H groups in total. The van der Waals surface area contributed by atoms with E-state index in [1.165, 1.54) is 0 Å². The number of halogens is 1. The number of para-hydroxylation sites is 1. The summed E-state index contributed by atoms with van der Waals surface area (Å²) in [4.78, 5) is 11.4. The summed E-state index contributed by atoms with van der Waals surface area (Å²) in [6, 6.07) is 7.30. The van der Waals surface area contributed by atoms with Crippen LogP contribution in [0.1, 0.15) is 24.3 Å². The third-order valence-electron chi connectivity index (χ3n) is 2.04. The third-order valence-corrected chi connectivity index (χ3v) is 2.52. The average Bonchev–Trinajstić information content (AvgIpc) is 2.26. The predicted molar refractivity (Wildman–Crippen MR) is 56.9 cm³/mol. The number of carbonyl (C=O) groups excluding carboxylic acids is 1. The van der Waals surface area contributed by atoms with E-state index in [0.717, 1.165) is 5.56 Å². The van der Waals surface area contributed by atoms with Crippen LogP contribution in [0.25, 0.3) is 0 Å². The fraction of sp³-hybridized carbons (Fsp3) is 0.364. The van der Waals surface area contributed by atoms with Gasteiger partial charge in [-0.05, 0) is 6.07 Å². The molecular weight excluding hydrogens is 200 g/mol. The van der Waals surface area contributed by atoms with E-state index in [-0.39, 0.29) is 5.78 Å². The number of hydrogen-bond donors (Lipinski definition) is 0. The predicted octanol–water partition coefficient (Wildman–Crippen LogP) is 2.95. The van der Waals surface area contributed by atoms with Gasteiger partial charge in [0, 0.05) is 12.0 Å². The van der Waals surface area contributed by atoms with Crippen LogP contribution < -0.4 is 4.74 Å². The van der Waals surface area contributed by atoms with E-state index < -0.39 is 5.38 Å². The van der Waals surface area contributed by atoms with Crippen molar-refractivity contribution in [1.82, 2.24) is 0 Å². The molecule has 0 aliphatic carbocycles. The van der Waals surface area contributed by atoms with E-state index in [0.29, 0.717) is 12.2 Å². The average molecular weight is 213 g/mol. The monoisotopic (exact) mass is 212 g/mol. The van der Waals surface area contributed by atoms with Crippen molar-refractivity contribution in [3.63, 3.8) is 0 Å². The molecule has 0 spiro atoms. The van der Waals surface area contributed by atoms with E-state index in [1.807, 2.05) is 18.2 Å². The highest BCUT2D eigenvalue weighted by Crippen LogP contribution is 2.30. The molecule has 1 aromatic rings. The van der Waals surface area contributed by atoms with Gasteiger partial charge in [-0.3, -0.25) is 4.79 Å². The first-order valence-corrected chi connectivity index (χ1v) is 4.94. The number of benzene rings is 1. The quantitative estimate of drug-likeness (QED) is 0.718. The topological polar surface area (TPSA) is 26.3 Å². The molecule has 14 heavy (non-hydrogen) atoms. The molecule has 0 amide bonds. The molecule has 0 bridgehead atoms. The number of hydrogen-bond acceptors (Lipinski definition) is 2. The van der Waals surface area contributed by atoms with Gasteiger partial charge in [0.25, 0.3) is 0 Å². The van der Waals surface area contributed by atoms with Gasteiger partial charge < -0.3 is 4.74 Å². The summed E-state index contributed by atoms with van der Waals surface area (Å²) in [5.41, 5.74) is 0.739. The van der Waals surface area contributed by atoms with Crippen molar-refractivity contribution in [2.24, 2.45) is 0 Å². The molecule has 0 radical (unpaired) electrons. The van der Waals surface area contributed by atoms with Crippen molar-refractivity contribution in [2.75, 3.05) is 7.11 Å². The molecule has 0 saturated carbocycles. The Morgan fingerprint density at radius 2 is 2.14 bits per heavy atom. The van der Waals surface area contributed by atoms with Crippen LogP contribution in [0, 0.1) is 0 Å². The lowest BCUT2D eigenvalue weighted by Gasteiger charge is -2.11. The second-order valence-electron chi connectivity index (χ2n) is 2.92. The largest absolute Gasteiger partial charge is 0.496 e. The first kappa shape index (κ1) is 11.1. The number of methoxy groups -OCH3 is 1. The lowest BCUT2D eigenvalue weighted by atomic mass is 10.1. The molecule has 76 valence electrons. The Labute approximate surface area is 88.8 Å². The molecule has 3 heteroatoms. The maximum atomic E-state index is 11.4. The van der Waals surface area contributed by atoms with Gasteiger partial charge in [0.15, 0.2) is 5.78 Å². The van der Waals surface area contributed by atoms with Crippen LogP contribution in [0.2, 0.25) is 0 Å². The molecule has 1 rings (SSSR count). The van der Waals surface area contributed by atoms with E-state index in [1.54, 1.807) is 20.1 Å². The fourth-order valence-electron chi connectivity index (χ4n) is 1.23. The Morgan fingerprint density at radius 3 is 2.71 bits per heavy atom. The molecule has 1 aromatic carbocycles. The van der Waals surface area contributed by atoms with E-state index >= 15 is 0 Å². The minimum absolute atomic E-state index is 0.0103. The highest BCUT2D eigenvalue weighted by Gasteiger charge is 2.18. The molecule has 0 fully saturated rings. The third kappa shape index (κ3) is 2.26. The normalized spacial score (nSPS) is 12.2. The van der Waals surface area contributed by atoms with Gasteiger partial charge in [0.05, 0.1) is 7.11 Å². The first-order valence-electron chi connectivity index (χ1n) is 4.50. The zero-order chi connectivity index (χ0) is 10.6. The Hall–Kier alpha value is -1.02. The van der Waals surface area contributed by atoms with Gasteiger partial charge in [0.2, 0.25) is 0 Å². The maximum Gasteiger partial charge on any atom is 0.155 e. The summed E-state index contributed by atoms with van der Waals surface area (Å²) in [7, 11) is 1.57. The van der Waals surface area contributed by atoms with Crippen LogP contribution in [0.15, 0.2) is 24.3 Å². The molecular formula is C11H13ClO2. The van der Waals surface area contributed by atoms with Crippen LogP contribution in [-0.2, 0) is 4.79 Å².